The van der Waals surface area contributed by atoms with E-state index in [-0.39, 0.29) is 5.97 Å². The van der Waals surface area contributed by atoms with Crippen molar-refractivity contribution in [3.63, 3.8) is 0 Å². The molecule has 3 aromatic rings. The van der Waals surface area contributed by atoms with Crippen LogP contribution in [0.3, 0.4) is 0 Å². The van der Waals surface area contributed by atoms with Gasteiger partial charge in [-0.2, -0.15) is 0 Å². The molecule has 5 heteroatoms. The van der Waals surface area contributed by atoms with Gasteiger partial charge in [-0.25, -0.2) is 4.79 Å². The molecule has 5 rings (SSSR count). The molecule has 2 aromatic carbocycles. The minimum absolute atomic E-state index is 0.348. The molecule has 1 N–H and O–H groups in total. The van der Waals surface area contributed by atoms with Crippen LogP contribution < -0.4 is 10.2 Å². The number of pyridine rings is 1. The summed E-state index contributed by atoms with van der Waals surface area (Å²) in [6.07, 6.45) is 8.14. The number of nitrogens with one attached hydrogen (secondary N) is 1. The van der Waals surface area contributed by atoms with Gasteiger partial charge in [0.15, 0.2) is 0 Å². The van der Waals surface area contributed by atoms with Gasteiger partial charge in [0.2, 0.25) is 0 Å². The van der Waals surface area contributed by atoms with E-state index in [0.29, 0.717) is 11.5 Å². The van der Waals surface area contributed by atoms with Gasteiger partial charge >= 0.3 is 5.97 Å². The summed E-state index contributed by atoms with van der Waals surface area (Å²) >= 11 is 0. The first kappa shape index (κ1) is 20.6. The van der Waals surface area contributed by atoms with Gasteiger partial charge in [-0.05, 0) is 78.6 Å². The number of anilines is 3. The van der Waals surface area contributed by atoms with E-state index < -0.39 is 0 Å². The van der Waals surface area contributed by atoms with Gasteiger partial charge in [0, 0.05) is 37.1 Å². The topological polar surface area (TPSA) is 54.5 Å². The number of fused-ring (bicyclic) bond motifs is 1. The molecule has 0 saturated heterocycles. The Hall–Kier alpha value is -3.34. The Kier molecular flexibility index (Phi) is 5.56. The molecular formula is C27H29N3O2. The van der Waals surface area contributed by atoms with Crippen molar-refractivity contribution in [3.8, 4) is 0 Å². The third-order valence-corrected chi connectivity index (χ3v) is 6.81. The Morgan fingerprint density at radius 3 is 2.62 bits per heavy atom. The normalized spacial score (nSPS) is 17.0. The van der Waals surface area contributed by atoms with Crippen LogP contribution in [0, 0.1) is 0 Å². The number of rotatable bonds is 7. The molecule has 5 nitrogen and oxygen atoms in total. The number of carbonyl (C=O) groups is 1. The number of hydrogen-bond donors (Lipinski definition) is 1. The van der Waals surface area contributed by atoms with Crippen LogP contribution in [0.2, 0.25) is 0 Å². The summed E-state index contributed by atoms with van der Waals surface area (Å²) in [5.41, 5.74) is 7.95. The predicted octanol–water partition coefficient (Wildman–Crippen LogP) is 5.66. The Morgan fingerprint density at radius 2 is 1.88 bits per heavy atom. The fourth-order valence-corrected chi connectivity index (χ4v) is 4.71. The lowest BCUT2D eigenvalue weighted by molar-refractivity contribution is 0.0601. The van der Waals surface area contributed by atoms with E-state index in [1.54, 1.807) is 18.5 Å². The first-order valence-corrected chi connectivity index (χ1v) is 11.4. The molecule has 0 unspecified atom stereocenters. The summed E-state index contributed by atoms with van der Waals surface area (Å²) in [4.78, 5) is 18.4. The Balaban J connectivity index is 1.28. The molecule has 0 aliphatic heterocycles. The number of ether oxygens (including phenoxy) is 1. The van der Waals surface area contributed by atoms with Gasteiger partial charge in [0.05, 0.1) is 24.6 Å². The van der Waals surface area contributed by atoms with E-state index in [1.807, 2.05) is 0 Å². The number of aromatic nitrogens is 1. The first-order chi connectivity index (χ1) is 15.6. The average molecular weight is 428 g/mol. The molecule has 0 amide bonds. The van der Waals surface area contributed by atoms with Crippen LogP contribution in [-0.2, 0) is 11.2 Å². The maximum Gasteiger partial charge on any atom is 0.340 e. The van der Waals surface area contributed by atoms with Crippen LogP contribution in [0.25, 0.3) is 0 Å². The number of aryl methyl sites for hydroxylation is 1. The van der Waals surface area contributed by atoms with Gasteiger partial charge in [-0.1, -0.05) is 18.2 Å². The Bertz CT molecular complexity index is 1120. The van der Waals surface area contributed by atoms with E-state index in [2.05, 4.69) is 64.7 Å². The molecule has 2 aliphatic carbocycles. The average Bonchev–Trinajstić information content (AvgIpc) is 3.62. The molecule has 1 fully saturated rings. The summed E-state index contributed by atoms with van der Waals surface area (Å²) in [5, 5.41) is 3.42. The van der Waals surface area contributed by atoms with E-state index in [9.17, 15) is 4.79 Å². The van der Waals surface area contributed by atoms with Crippen molar-refractivity contribution in [2.24, 2.45) is 0 Å². The standard InChI is InChI=1S/C27H29N3O2/c1-30(22-9-7-19(8-10-22)18-3-4-18)23-11-12-24-20(15-23)5-6-21(24)16-29-26-17-28-14-13-25(26)27(31)32-2/h7-15,17-18,21,29H,3-6,16H2,1-2H3/t21-/m0/s1. The minimum atomic E-state index is -0.348. The number of benzene rings is 2. The van der Waals surface area contributed by atoms with Gasteiger partial charge in [0.1, 0.15) is 0 Å². The minimum Gasteiger partial charge on any atom is -0.465 e. The fraction of sp³-hybridized carbons (Fsp3) is 0.333. The fourth-order valence-electron chi connectivity index (χ4n) is 4.71. The van der Waals surface area contributed by atoms with Gasteiger partial charge in [0.25, 0.3) is 0 Å². The van der Waals surface area contributed by atoms with Crippen molar-refractivity contribution in [1.82, 2.24) is 4.98 Å². The van der Waals surface area contributed by atoms with Crippen LogP contribution in [0.1, 0.15) is 58.1 Å². The molecule has 164 valence electrons. The van der Waals surface area contributed by atoms with Crippen molar-refractivity contribution >= 4 is 23.0 Å². The molecule has 0 bridgehead atoms. The lowest BCUT2D eigenvalue weighted by atomic mass is 10.0. The largest absolute Gasteiger partial charge is 0.465 e. The van der Waals surface area contributed by atoms with Crippen molar-refractivity contribution in [1.29, 1.82) is 0 Å². The Morgan fingerprint density at radius 1 is 1.09 bits per heavy atom. The second-order valence-corrected chi connectivity index (χ2v) is 8.84. The second kappa shape index (κ2) is 8.65. The molecule has 2 aliphatic rings. The molecule has 1 saturated carbocycles. The summed E-state index contributed by atoms with van der Waals surface area (Å²) in [6, 6.07) is 17.5. The van der Waals surface area contributed by atoms with E-state index in [4.69, 9.17) is 4.74 Å². The summed E-state index contributed by atoms with van der Waals surface area (Å²) < 4.78 is 4.89. The highest BCUT2D eigenvalue weighted by Gasteiger charge is 2.25. The molecule has 1 atom stereocenters. The number of hydrogen-bond acceptors (Lipinski definition) is 5. The quantitative estimate of drug-likeness (QED) is 0.494. The van der Waals surface area contributed by atoms with Crippen LogP contribution in [0.15, 0.2) is 60.9 Å². The zero-order valence-electron chi connectivity index (χ0n) is 18.7. The van der Waals surface area contributed by atoms with Gasteiger partial charge < -0.3 is 15.0 Å². The summed E-state index contributed by atoms with van der Waals surface area (Å²) in [6.45, 7) is 0.764. The molecular weight excluding hydrogens is 398 g/mol. The zero-order valence-corrected chi connectivity index (χ0v) is 18.7. The van der Waals surface area contributed by atoms with E-state index >= 15 is 0 Å². The monoisotopic (exact) mass is 427 g/mol. The maximum atomic E-state index is 12.0. The lowest BCUT2D eigenvalue weighted by Gasteiger charge is -2.21. The predicted molar refractivity (Wildman–Crippen MR) is 128 cm³/mol. The van der Waals surface area contributed by atoms with Crippen LogP contribution >= 0.6 is 0 Å². The Labute approximate surface area is 189 Å². The second-order valence-electron chi connectivity index (χ2n) is 8.84. The third kappa shape index (κ3) is 4.07. The highest BCUT2D eigenvalue weighted by atomic mass is 16.5. The maximum absolute atomic E-state index is 12.0. The highest BCUT2D eigenvalue weighted by molar-refractivity contribution is 5.95. The van der Waals surface area contributed by atoms with E-state index in [0.717, 1.165) is 31.0 Å². The SMILES string of the molecule is COC(=O)c1ccncc1NC[C@@H]1CCc2cc(N(C)c3ccc(C4CC4)cc3)ccc21. The van der Waals surface area contributed by atoms with Gasteiger partial charge in [-0.15, -0.1) is 0 Å². The van der Waals surface area contributed by atoms with Crippen LogP contribution in [-0.4, -0.2) is 31.7 Å². The number of methoxy groups -OCH3 is 1. The number of esters is 1. The molecule has 1 aromatic heterocycles. The third-order valence-electron chi connectivity index (χ3n) is 6.81. The van der Waals surface area contributed by atoms with Gasteiger partial charge in [-0.3, -0.25) is 4.98 Å². The van der Waals surface area contributed by atoms with Crippen molar-refractivity contribution in [2.45, 2.75) is 37.5 Å². The molecule has 1 heterocycles. The highest BCUT2D eigenvalue weighted by Crippen LogP contribution is 2.41. The summed E-state index contributed by atoms with van der Waals surface area (Å²) in [7, 11) is 3.54. The zero-order chi connectivity index (χ0) is 22.1. The van der Waals surface area contributed by atoms with Crippen molar-refractivity contribution < 1.29 is 9.53 Å². The molecule has 0 radical (unpaired) electrons. The van der Waals surface area contributed by atoms with Crippen LogP contribution in [0.4, 0.5) is 17.1 Å². The number of nitrogens with zero attached hydrogens (tertiary/aromatic N) is 2. The van der Waals surface area contributed by atoms with Crippen LogP contribution in [0.5, 0.6) is 0 Å². The first-order valence-electron chi connectivity index (χ1n) is 11.4. The smallest absolute Gasteiger partial charge is 0.340 e. The molecule has 32 heavy (non-hydrogen) atoms. The van der Waals surface area contributed by atoms with E-state index in [1.165, 1.54) is 48.0 Å². The van der Waals surface area contributed by atoms with Crippen molar-refractivity contribution in [2.75, 3.05) is 30.9 Å². The number of carbonyl (C=O) groups excluding carboxylic acids is 1. The lowest BCUT2D eigenvalue weighted by Crippen LogP contribution is -2.14. The van der Waals surface area contributed by atoms with Crippen molar-refractivity contribution in [3.05, 3.63) is 83.2 Å². The molecule has 0 spiro atoms. The summed E-state index contributed by atoms with van der Waals surface area (Å²) in [5.74, 6) is 0.850.